The van der Waals surface area contributed by atoms with Crippen molar-refractivity contribution in [2.75, 3.05) is 5.32 Å². The second kappa shape index (κ2) is 4.19. The lowest BCUT2D eigenvalue weighted by molar-refractivity contribution is -0.119. The van der Waals surface area contributed by atoms with Crippen molar-refractivity contribution in [1.29, 1.82) is 5.26 Å². The Morgan fingerprint density at radius 3 is 2.69 bits per heavy atom. The minimum absolute atomic E-state index is 0.214. The molecule has 0 spiro atoms. The summed E-state index contributed by atoms with van der Waals surface area (Å²) in [6, 6.07) is 7.58. The molecule has 1 aromatic rings. The quantitative estimate of drug-likeness (QED) is 0.894. The summed E-state index contributed by atoms with van der Waals surface area (Å²) in [6.07, 6.45) is 1.31. The van der Waals surface area contributed by atoms with Crippen LogP contribution in [0.4, 0.5) is 5.69 Å². The van der Waals surface area contributed by atoms with E-state index in [1.54, 1.807) is 6.07 Å². The molecule has 1 N–H and O–H groups in total. The zero-order chi connectivity index (χ0) is 11.8. The van der Waals surface area contributed by atoms with E-state index in [4.69, 9.17) is 5.26 Å². The summed E-state index contributed by atoms with van der Waals surface area (Å²) in [5.41, 5.74) is -0.109. The fourth-order valence-electron chi connectivity index (χ4n) is 1.35. The number of nitrogens with zero attached hydrogens (tertiary/aromatic N) is 1. The summed E-state index contributed by atoms with van der Waals surface area (Å²) in [5.74, 6) is -0.214. The lowest BCUT2D eigenvalue weighted by atomic mass is 10.1. The summed E-state index contributed by atoms with van der Waals surface area (Å²) >= 11 is 6.68. The maximum absolute atomic E-state index is 11.8. The molecule has 0 unspecified atom stereocenters. The van der Waals surface area contributed by atoms with Crippen molar-refractivity contribution in [3.05, 3.63) is 27.1 Å². The first-order valence-corrected chi connectivity index (χ1v) is 6.34. The van der Waals surface area contributed by atoms with Crippen molar-refractivity contribution >= 4 is 43.5 Å². The van der Waals surface area contributed by atoms with E-state index >= 15 is 0 Å². The molecule has 0 heterocycles. The number of nitriles is 1. The van der Waals surface area contributed by atoms with Crippen molar-refractivity contribution in [1.82, 2.24) is 0 Å². The molecule has 1 fully saturated rings. The number of nitrogens with one attached hydrogen (secondary N) is 1. The monoisotopic (exact) mass is 342 g/mol. The Hall–Kier alpha value is -0.860. The average molecular weight is 344 g/mol. The highest BCUT2D eigenvalue weighted by Gasteiger charge is 2.50. The third-order valence-electron chi connectivity index (χ3n) is 2.58. The number of halogens is 2. The molecule has 1 aliphatic carbocycles. The number of carbonyl (C=O) groups excluding carboxylic acids is 1. The number of anilines is 1. The van der Waals surface area contributed by atoms with Crippen molar-refractivity contribution < 1.29 is 4.79 Å². The number of rotatable bonds is 2. The van der Waals surface area contributed by atoms with Crippen LogP contribution in [-0.2, 0) is 4.79 Å². The smallest absolute Gasteiger partial charge is 0.244 e. The third kappa shape index (κ3) is 2.13. The Kier molecular flexibility index (Phi) is 3.04. The first-order valence-electron chi connectivity index (χ1n) is 4.75. The van der Waals surface area contributed by atoms with E-state index in [-0.39, 0.29) is 5.91 Å². The molecule has 1 amide bonds. The Morgan fingerprint density at radius 1 is 1.44 bits per heavy atom. The normalized spacial score (nSPS) is 16.3. The van der Waals surface area contributed by atoms with Crippen molar-refractivity contribution in [3.63, 3.8) is 0 Å². The first kappa shape index (κ1) is 11.6. The molecule has 5 heteroatoms. The van der Waals surface area contributed by atoms with Crippen LogP contribution in [0.1, 0.15) is 12.8 Å². The topological polar surface area (TPSA) is 52.9 Å². The van der Waals surface area contributed by atoms with Gasteiger partial charge in [0.2, 0.25) is 5.91 Å². The van der Waals surface area contributed by atoms with E-state index in [1.165, 1.54) is 0 Å². The largest absolute Gasteiger partial charge is 0.324 e. The van der Waals surface area contributed by atoms with Crippen LogP contribution in [0.3, 0.4) is 0 Å². The van der Waals surface area contributed by atoms with Crippen molar-refractivity contribution in [2.45, 2.75) is 12.8 Å². The molecular formula is C11H8Br2N2O. The average Bonchev–Trinajstić information content (AvgIpc) is 3.04. The third-order valence-corrected chi connectivity index (χ3v) is 3.76. The van der Waals surface area contributed by atoms with Crippen LogP contribution in [-0.4, -0.2) is 5.91 Å². The van der Waals surface area contributed by atoms with E-state index in [2.05, 4.69) is 43.2 Å². The van der Waals surface area contributed by atoms with Crippen LogP contribution in [0, 0.1) is 16.7 Å². The molecule has 2 rings (SSSR count). The maximum Gasteiger partial charge on any atom is 0.244 e. The minimum Gasteiger partial charge on any atom is -0.324 e. The first-order chi connectivity index (χ1) is 7.57. The van der Waals surface area contributed by atoms with E-state index in [0.29, 0.717) is 18.5 Å². The van der Waals surface area contributed by atoms with Gasteiger partial charge in [0.1, 0.15) is 5.41 Å². The zero-order valence-electron chi connectivity index (χ0n) is 8.26. The van der Waals surface area contributed by atoms with Gasteiger partial charge in [-0.1, -0.05) is 15.9 Å². The van der Waals surface area contributed by atoms with Crippen LogP contribution in [0.5, 0.6) is 0 Å². The highest BCUT2D eigenvalue weighted by molar-refractivity contribution is 9.11. The van der Waals surface area contributed by atoms with Gasteiger partial charge in [0.15, 0.2) is 0 Å². The van der Waals surface area contributed by atoms with E-state index < -0.39 is 5.41 Å². The molecule has 0 aromatic heterocycles. The van der Waals surface area contributed by atoms with Crippen LogP contribution >= 0.6 is 31.9 Å². The fourth-order valence-corrected chi connectivity index (χ4v) is 2.06. The second-order valence-corrected chi connectivity index (χ2v) is 5.54. The molecule has 3 nitrogen and oxygen atoms in total. The molecule has 1 saturated carbocycles. The number of hydrogen-bond donors (Lipinski definition) is 1. The Labute approximate surface area is 110 Å². The molecule has 0 atom stereocenters. The number of benzene rings is 1. The number of hydrogen-bond acceptors (Lipinski definition) is 2. The van der Waals surface area contributed by atoms with Gasteiger partial charge in [0.05, 0.1) is 11.8 Å². The summed E-state index contributed by atoms with van der Waals surface area (Å²) in [4.78, 5) is 11.8. The van der Waals surface area contributed by atoms with Gasteiger partial charge in [0, 0.05) is 8.95 Å². The van der Waals surface area contributed by atoms with Gasteiger partial charge in [-0.2, -0.15) is 5.26 Å². The van der Waals surface area contributed by atoms with E-state index in [0.717, 1.165) is 8.95 Å². The molecular weight excluding hydrogens is 336 g/mol. The van der Waals surface area contributed by atoms with Crippen LogP contribution in [0.25, 0.3) is 0 Å². The summed E-state index contributed by atoms with van der Waals surface area (Å²) < 4.78 is 1.69. The molecule has 0 radical (unpaired) electrons. The predicted molar refractivity (Wildman–Crippen MR) is 67.8 cm³/mol. The van der Waals surface area contributed by atoms with Crippen LogP contribution in [0.2, 0.25) is 0 Å². The van der Waals surface area contributed by atoms with Crippen molar-refractivity contribution in [3.8, 4) is 6.07 Å². The molecule has 0 saturated heterocycles. The SMILES string of the molecule is N#CC1(C(=O)Nc2cc(Br)ccc2Br)CC1. The van der Waals surface area contributed by atoms with Gasteiger partial charge in [-0.25, -0.2) is 0 Å². The summed E-state index contributed by atoms with van der Waals surface area (Å²) in [7, 11) is 0. The van der Waals surface area contributed by atoms with Crippen LogP contribution in [0.15, 0.2) is 27.1 Å². The highest BCUT2D eigenvalue weighted by atomic mass is 79.9. The Bertz CT molecular complexity index is 489. The molecule has 82 valence electrons. The lowest BCUT2D eigenvalue weighted by Crippen LogP contribution is -2.22. The molecule has 1 aliphatic rings. The Balaban J connectivity index is 2.19. The molecule has 1 aromatic carbocycles. The Morgan fingerprint density at radius 2 is 2.12 bits per heavy atom. The standard InChI is InChI=1S/C11H8Br2N2O/c12-7-1-2-8(13)9(5-7)15-10(16)11(6-14)3-4-11/h1-2,5H,3-4H2,(H,15,16). The van der Waals surface area contributed by atoms with Gasteiger partial charge >= 0.3 is 0 Å². The zero-order valence-corrected chi connectivity index (χ0v) is 11.4. The number of carbonyl (C=O) groups is 1. The van der Waals surface area contributed by atoms with Gasteiger partial charge in [-0.3, -0.25) is 4.79 Å². The van der Waals surface area contributed by atoms with Gasteiger partial charge < -0.3 is 5.32 Å². The fraction of sp³-hybridized carbons (Fsp3) is 0.273. The molecule has 0 aliphatic heterocycles. The van der Waals surface area contributed by atoms with E-state index in [9.17, 15) is 4.79 Å². The lowest BCUT2D eigenvalue weighted by Gasteiger charge is -2.10. The predicted octanol–water partition coefficient (Wildman–Crippen LogP) is 3.45. The number of amides is 1. The second-order valence-electron chi connectivity index (χ2n) is 3.77. The summed E-state index contributed by atoms with van der Waals surface area (Å²) in [6.45, 7) is 0. The molecule has 16 heavy (non-hydrogen) atoms. The molecule has 0 bridgehead atoms. The van der Waals surface area contributed by atoms with Crippen LogP contribution < -0.4 is 5.32 Å². The summed E-state index contributed by atoms with van der Waals surface area (Å²) in [5, 5.41) is 11.7. The minimum atomic E-state index is -0.790. The van der Waals surface area contributed by atoms with Gasteiger partial charge in [0.25, 0.3) is 0 Å². The van der Waals surface area contributed by atoms with Gasteiger partial charge in [-0.05, 0) is 47.0 Å². The van der Waals surface area contributed by atoms with Crippen molar-refractivity contribution in [2.24, 2.45) is 5.41 Å². The van der Waals surface area contributed by atoms with E-state index in [1.807, 2.05) is 12.1 Å². The highest BCUT2D eigenvalue weighted by Crippen LogP contribution is 2.46. The van der Waals surface area contributed by atoms with Gasteiger partial charge in [-0.15, -0.1) is 0 Å². The maximum atomic E-state index is 11.8.